The molecule has 172 valence electrons. The Morgan fingerprint density at radius 2 is 1.97 bits per heavy atom. The van der Waals surface area contributed by atoms with E-state index in [-0.39, 0.29) is 11.7 Å². The molecule has 1 N–H and O–H groups in total. The van der Waals surface area contributed by atoms with E-state index in [1.165, 1.54) is 26.3 Å². The van der Waals surface area contributed by atoms with Gasteiger partial charge in [-0.05, 0) is 66.9 Å². The normalized spacial score (nSPS) is 13.3. The first kappa shape index (κ1) is 22.6. The third kappa shape index (κ3) is 4.37. The highest BCUT2D eigenvalue weighted by atomic mass is 19.1. The fraction of sp³-hybridized carbons (Fsp3) is 0.292. The number of aliphatic hydroxyl groups is 1. The maximum absolute atomic E-state index is 13.5. The Morgan fingerprint density at radius 3 is 2.64 bits per heavy atom. The minimum atomic E-state index is -1.03. The van der Waals surface area contributed by atoms with Crippen LogP contribution in [0.5, 0.6) is 0 Å². The van der Waals surface area contributed by atoms with Crippen LogP contribution in [0.1, 0.15) is 41.9 Å². The van der Waals surface area contributed by atoms with E-state index in [9.17, 15) is 14.3 Å². The Balaban J connectivity index is 1.75. The molecule has 0 saturated carbocycles. The average Bonchev–Trinajstić information content (AvgIpc) is 3.43. The number of carbonyl (C=O) groups is 1. The van der Waals surface area contributed by atoms with Gasteiger partial charge in [-0.1, -0.05) is 12.1 Å². The predicted molar refractivity (Wildman–Crippen MR) is 121 cm³/mol. The second-order valence-corrected chi connectivity index (χ2v) is 8.16. The summed E-state index contributed by atoms with van der Waals surface area (Å²) in [6, 6.07) is 11.7. The summed E-state index contributed by atoms with van der Waals surface area (Å²) in [4.78, 5) is 18.1. The summed E-state index contributed by atoms with van der Waals surface area (Å²) in [5.74, 6) is -0.664. The van der Waals surface area contributed by atoms with Crippen LogP contribution in [0.25, 0.3) is 16.8 Å². The third-order valence-electron chi connectivity index (χ3n) is 5.87. The van der Waals surface area contributed by atoms with Crippen LogP contribution in [-0.4, -0.2) is 49.6 Å². The van der Waals surface area contributed by atoms with Gasteiger partial charge >= 0.3 is 0 Å². The van der Waals surface area contributed by atoms with Crippen molar-refractivity contribution in [2.75, 3.05) is 14.2 Å². The molecule has 1 atom stereocenters. The topological polar surface area (TPSA) is 84.9 Å². The summed E-state index contributed by atoms with van der Waals surface area (Å²) in [6.45, 7) is 4.04. The molecule has 0 radical (unpaired) electrons. The van der Waals surface area contributed by atoms with Crippen molar-refractivity contribution in [3.8, 4) is 11.3 Å². The van der Waals surface area contributed by atoms with Crippen molar-refractivity contribution in [2.24, 2.45) is 0 Å². The summed E-state index contributed by atoms with van der Waals surface area (Å²) in [6.07, 6.45) is 4.13. The molecule has 0 fully saturated rings. The smallest absolute Gasteiger partial charge is 0.279 e. The molecule has 0 aliphatic rings. The molecule has 3 heterocycles. The number of rotatable bonds is 7. The number of hydrogen-bond acceptors (Lipinski definition) is 5. The Kier molecular flexibility index (Phi) is 6.01. The minimum Gasteiger partial charge on any atom is -0.384 e. The first-order valence-electron chi connectivity index (χ1n) is 10.6. The van der Waals surface area contributed by atoms with Gasteiger partial charge in [0.2, 0.25) is 0 Å². The summed E-state index contributed by atoms with van der Waals surface area (Å²) in [7, 11) is 2.96. The molecule has 0 spiro atoms. The lowest BCUT2D eigenvalue weighted by Crippen LogP contribution is -2.25. The number of benzene rings is 1. The molecule has 8 nitrogen and oxygen atoms in total. The van der Waals surface area contributed by atoms with Gasteiger partial charge in [0.15, 0.2) is 0 Å². The second-order valence-electron chi connectivity index (χ2n) is 8.16. The molecule has 0 bridgehead atoms. The summed E-state index contributed by atoms with van der Waals surface area (Å²) in [5, 5.41) is 19.8. The summed E-state index contributed by atoms with van der Waals surface area (Å²) in [5.41, 5.74) is 3.01. The van der Waals surface area contributed by atoms with Gasteiger partial charge in [-0.15, -0.1) is 5.10 Å². The second kappa shape index (κ2) is 8.76. The minimum absolute atomic E-state index is 0.315. The highest BCUT2D eigenvalue weighted by molar-refractivity contribution is 6.01. The number of halogens is 1. The number of hydrogen-bond donors (Lipinski definition) is 1. The molecule has 1 aromatic carbocycles. The van der Waals surface area contributed by atoms with E-state index < -0.39 is 5.60 Å². The van der Waals surface area contributed by atoms with Crippen LogP contribution in [-0.2, 0) is 17.0 Å². The van der Waals surface area contributed by atoms with Crippen LogP contribution >= 0.6 is 0 Å². The van der Waals surface area contributed by atoms with Gasteiger partial charge in [-0.25, -0.2) is 14.1 Å². The van der Waals surface area contributed by atoms with Gasteiger partial charge in [0, 0.05) is 18.8 Å². The van der Waals surface area contributed by atoms with E-state index in [1.54, 1.807) is 36.0 Å². The van der Waals surface area contributed by atoms with Gasteiger partial charge in [-0.2, -0.15) is 0 Å². The lowest BCUT2D eigenvalue weighted by molar-refractivity contribution is -0.0756. The first-order chi connectivity index (χ1) is 15.7. The van der Waals surface area contributed by atoms with Crippen molar-refractivity contribution in [1.82, 2.24) is 24.5 Å². The molecule has 9 heteroatoms. The fourth-order valence-electron chi connectivity index (χ4n) is 3.63. The third-order valence-corrected chi connectivity index (χ3v) is 5.87. The molecule has 1 unspecified atom stereocenters. The zero-order valence-electron chi connectivity index (χ0n) is 19.0. The number of nitrogens with zero attached hydrogens (tertiary/aromatic N) is 5. The average molecular weight is 452 g/mol. The quantitative estimate of drug-likeness (QED) is 0.434. The number of amides is 1. The fourth-order valence-corrected chi connectivity index (χ4v) is 3.63. The maximum Gasteiger partial charge on any atom is 0.279 e. The molecular formula is C24H26FN5O3. The molecule has 1 amide bonds. The van der Waals surface area contributed by atoms with Crippen LogP contribution in [0, 0.1) is 5.82 Å². The monoisotopic (exact) mass is 451 g/mol. The maximum atomic E-state index is 13.5. The zero-order chi connectivity index (χ0) is 23.8. The molecule has 0 aliphatic carbocycles. The Labute approximate surface area is 190 Å². The molecule has 3 aromatic heterocycles. The van der Waals surface area contributed by atoms with Gasteiger partial charge < -0.3 is 9.51 Å². The summed E-state index contributed by atoms with van der Waals surface area (Å²) >= 11 is 0. The number of aromatic nitrogens is 4. The van der Waals surface area contributed by atoms with Crippen LogP contribution in [0.4, 0.5) is 4.39 Å². The lowest BCUT2D eigenvalue weighted by atomic mass is 10.0. The predicted octanol–water partition coefficient (Wildman–Crippen LogP) is 3.64. The largest absolute Gasteiger partial charge is 0.384 e. The molecular weight excluding hydrogens is 425 g/mol. The first-order valence-corrected chi connectivity index (χ1v) is 10.6. The van der Waals surface area contributed by atoms with Gasteiger partial charge in [-0.3, -0.25) is 9.63 Å². The Morgan fingerprint density at radius 1 is 1.24 bits per heavy atom. The van der Waals surface area contributed by atoms with Crippen molar-refractivity contribution >= 4 is 11.4 Å². The standard InChI is InChI=1S/C24H26FN5O3/c1-5-24(2,32)21-15-29(27-26-21)14-16-10-11-30-19(12-16)13-20(23(31)28(3)33-4)22(30)17-6-8-18(25)9-7-17/h6-13,15,32H,5,14H2,1-4H3. The number of carbonyl (C=O) groups excluding carboxylic acids is 1. The van der Waals surface area contributed by atoms with E-state index in [1.807, 2.05) is 29.7 Å². The molecule has 4 rings (SSSR count). The van der Waals surface area contributed by atoms with E-state index in [0.29, 0.717) is 35.5 Å². The van der Waals surface area contributed by atoms with Crippen LogP contribution < -0.4 is 0 Å². The van der Waals surface area contributed by atoms with E-state index in [2.05, 4.69) is 10.3 Å². The van der Waals surface area contributed by atoms with E-state index in [4.69, 9.17) is 4.84 Å². The summed E-state index contributed by atoms with van der Waals surface area (Å²) < 4.78 is 17.1. The Hall–Kier alpha value is -3.56. The van der Waals surface area contributed by atoms with E-state index >= 15 is 0 Å². The number of fused-ring (bicyclic) bond motifs is 1. The number of pyridine rings is 1. The van der Waals surface area contributed by atoms with Crippen LogP contribution in [0.15, 0.2) is 54.9 Å². The molecule has 33 heavy (non-hydrogen) atoms. The van der Waals surface area contributed by atoms with Gasteiger partial charge in [0.25, 0.3) is 5.91 Å². The van der Waals surface area contributed by atoms with Crippen molar-refractivity contribution in [1.29, 1.82) is 0 Å². The zero-order valence-corrected chi connectivity index (χ0v) is 19.0. The highest BCUT2D eigenvalue weighted by Gasteiger charge is 2.25. The molecule has 0 aliphatic heterocycles. The van der Waals surface area contributed by atoms with Crippen LogP contribution in [0.2, 0.25) is 0 Å². The van der Waals surface area contributed by atoms with Gasteiger partial charge in [0.1, 0.15) is 17.1 Å². The Bertz CT molecular complexity index is 1290. The highest BCUT2D eigenvalue weighted by Crippen LogP contribution is 2.30. The molecule has 0 saturated heterocycles. The number of hydroxylamine groups is 2. The van der Waals surface area contributed by atoms with Gasteiger partial charge in [0.05, 0.1) is 31.1 Å². The van der Waals surface area contributed by atoms with E-state index in [0.717, 1.165) is 16.1 Å². The van der Waals surface area contributed by atoms with Crippen molar-refractivity contribution < 1.29 is 19.1 Å². The SMILES string of the molecule is CCC(C)(O)c1cn(Cc2ccn3c(-c4ccc(F)cc4)c(C(=O)N(C)OC)cc3c2)nn1. The van der Waals surface area contributed by atoms with Crippen LogP contribution in [0.3, 0.4) is 0 Å². The van der Waals surface area contributed by atoms with Crippen molar-refractivity contribution in [2.45, 2.75) is 32.4 Å². The molecule has 4 aromatic rings. The van der Waals surface area contributed by atoms with Crippen molar-refractivity contribution in [3.63, 3.8) is 0 Å². The van der Waals surface area contributed by atoms with Crippen molar-refractivity contribution in [3.05, 3.63) is 77.5 Å². The lowest BCUT2D eigenvalue weighted by Gasteiger charge is -2.16.